The van der Waals surface area contributed by atoms with Gasteiger partial charge in [0.1, 0.15) is 5.82 Å². The number of nitrogens with one attached hydrogen (secondary N) is 1. The lowest BCUT2D eigenvalue weighted by atomic mass is 10.0. The van der Waals surface area contributed by atoms with Crippen LogP contribution in [-0.2, 0) is 19.5 Å². The predicted molar refractivity (Wildman–Crippen MR) is 133 cm³/mol. The third-order valence-electron chi connectivity index (χ3n) is 6.07. The average Bonchev–Trinajstić information content (AvgIpc) is 3.51. The first kappa shape index (κ1) is 23.6. The van der Waals surface area contributed by atoms with Crippen molar-refractivity contribution in [2.75, 3.05) is 0 Å². The molecule has 8 heteroatoms. The van der Waals surface area contributed by atoms with Gasteiger partial charge in [-0.25, -0.2) is 9.48 Å². The van der Waals surface area contributed by atoms with Crippen molar-refractivity contribution < 1.29 is 0 Å². The van der Waals surface area contributed by atoms with Crippen LogP contribution in [0.1, 0.15) is 63.8 Å². The highest BCUT2D eigenvalue weighted by molar-refractivity contribution is 5.70. The van der Waals surface area contributed by atoms with E-state index in [1.807, 2.05) is 16.7 Å². The summed E-state index contributed by atoms with van der Waals surface area (Å²) in [5.41, 5.74) is 4.17. The molecular formula is C26H33N7O. The van der Waals surface area contributed by atoms with Crippen molar-refractivity contribution in [3.05, 3.63) is 70.4 Å². The molecule has 178 valence electrons. The second kappa shape index (κ2) is 11.5. The standard InChI is InChI=1S/C26H33N7O/c1-3-5-7-8-12-24-29-33(17-6-4-2)26(34)32(24)19-20-13-15-21(16-14-20)22-10-9-11-23(18-22)25-27-30-31-28-25/h9-11,13-16,18H,3-8,12,17,19H2,1-2H3,(H,27,28,30,31). The number of hydrogen-bond donors (Lipinski definition) is 1. The lowest BCUT2D eigenvalue weighted by Gasteiger charge is -2.08. The molecule has 8 nitrogen and oxygen atoms in total. The van der Waals surface area contributed by atoms with Crippen LogP contribution in [0.2, 0.25) is 0 Å². The number of H-pyrrole nitrogens is 1. The first-order chi connectivity index (χ1) is 16.7. The summed E-state index contributed by atoms with van der Waals surface area (Å²) < 4.78 is 3.50. The van der Waals surface area contributed by atoms with E-state index in [4.69, 9.17) is 0 Å². The molecular weight excluding hydrogens is 426 g/mol. The monoisotopic (exact) mass is 459 g/mol. The van der Waals surface area contributed by atoms with Crippen molar-refractivity contribution in [3.63, 3.8) is 0 Å². The van der Waals surface area contributed by atoms with Crippen molar-refractivity contribution in [1.82, 2.24) is 35.0 Å². The molecule has 0 unspecified atom stereocenters. The summed E-state index contributed by atoms with van der Waals surface area (Å²) in [7, 11) is 0. The fourth-order valence-corrected chi connectivity index (χ4v) is 4.10. The van der Waals surface area contributed by atoms with Gasteiger partial charge in [0.2, 0.25) is 5.82 Å². The summed E-state index contributed by atoms with van der Waals surface area (Å²) in [4.78, 5) is 13.1. The molecule has 34 heavy (non-hydrogen) atoms. The Morgan fingerprint density at radius 3 is 2.41 bits per heavy atom. The maximum atomic E-state index is 13.1. The van der Waals surface area contributed by atoms with Crippen molar-refractivity contribution in [3.8, 4) is 22.5 Å². The maximum Gasteiger partial charge on any atom is 0.346 e. The molecule has 0 aliphatic rings. The highest BCUT2D eigenvalue weighted by atomic mass is 16.2. The fraction of sp³-hybridized carbons (Fsp3) is 0.423. The molecule has 0 saturated carbocycles. The zero-order valence-corrected chi connectivity index (χ0v) is 20.1. The minimum Gasteiger partial charge on any atom is -0.274 e. The van der Waals surface area contributed by atoms with E-state index in [1.165, 1.54) is 19.3 Å². The molecule has 0 radical (unpaired) electrons. The van der Waals surface area contributed by atoms with Crippen molar-refractivity contribution in [1.29, 1.82) is 0 Å². The molecule has 4 rings (SSSR count). The number of aromatic nitrogens is 7. The Balaban J connectivity index is 1.53. The number of rotatable bonds is 12. The molecule has 0 fully saturated rings. The summed E-state index contributed by atoms with van der Waals surface area (Å²) in [5, 5.41) is 18.9. The second-order valence-corrected chi connectivity index (χ2v) is 8.69. The van der Waals surface area contributed by atoms with Crippen molar-refractivity contribution in [2.24, 2.45) is 0 Å². The van der Waals surface area contributed by atoms with E-state index in [-0.39, 0.29) is 5.69 Å². The molecule has 0 atom stereocenters. The van der Waals surface area contributed by atoms with Gasteiger partial charge in [0, 0.05) is 18.5 Å². The van der Waals surface area contributed by atoms with Gasteiger partial charge >= 0.3 is 5.69 Å². The van der Waals surface area contributed by atoms with Crippen LogP contribution in [0.3, 0.4) is 0 Å². The van der Waals surface area contributed by atoms with Crippen LogP contribution >= 0.6 is 0 Å². The van der Waals surface area contributed by atoms with Crippen molar-refractivity contribution >= 4 is 0 Å². The van der Waals surface area contributed by atoms with Gasteiger partial charge in [0.15, 0.2) is 0 Å². The topological polar surface area (TPSA) is 94.3 Å². The number of tetrazole rings is 1. The highest BCUT2D eigenvalue weighted by Gasteiger charge is 2.14. The van der Waals surface area contributed by atoms with E-state index in [1.54, 1.807) is 4.68 Å². The van der Waals surface area contributed by atoms with E-state index in [0.717, 1.165) is 53.8 Å². The van der Waals surface area contributed by atoms with E-state index < -0.39 is 0 Å². The van der Waals surface area contributed by atoms with Gasteiger partial charge < -0.3 is 0 Å². The van der Waals surface area contributed by atoms with Gasteiger partial charge in [-0.3, -0.25) is 4.57 Å². The van der Waals surface area contributed by atoms with Gasteiger partial charge in [0.05, 0.1) is 6.54 Å². The normalized spacial score (nSPS) is 11.2. The Labute approximate surface area is 200 Å². The first-order valence-electron chi connectivity index (χ1n) is 12.3. The number of benzene rings is 2. The molecule has 1 N–H and O–H groups in total. The minimum absolute atomic E-state index is 0.00386. The molecule has 2 aromatic carbocycles. The summed E-state index contributed by atoms with van der Waals surface area (Å²) in [6, 6.07) is 16.4. The zero-order valence-electron chi connectivity index (χ0n) is 20.1. The van der Waals surface area contributed by atoms with Crippen LogP contribution in [-0.4, -0.2) is 35.0 Å². The molecule has 2 heterocycles. The number of aryl methyl sites for hydroxylation is 2. The molecule has 0 saturated heterocycles. The molecule has 0 bridgehead atoms. The summed E-state index contributed by atoms with van der Waals surface area (Å²) in [6.45, 7) is 5.56. The summed E-state index contributed by atoms with van der Waals surface area (Å²) in [5.74, 6) is 1.47. The largest absolute Gasteiger partial charge is 0.346 e. The quantitative estimate of drug-likeness (QED) is 0.305. The highest BCUT2D eigenvalue weighted by Crippen LogP contribution is 2.24. The third-order valence-corrected chi connectivity index (χ3v) is 6.07. The van der Waals surface area contributed by atoms with Crippen LogP contribution in [0.5, 0.6) is 0 Å². The predicted octanol–water partition coefficient (Wildman–Crippen LogP) is 4.86. The Kier molecular flexibility index (Phi) is 8.01. The number of aromatic amines is 1. The van der Waals surface area contributed by atoms with Crippen LogP contribution in [0, 0.1) is 0 Å². The summed E-state index contributed by atoms with van der Waals surface area (Å²) >= 11 is 0. The Morgan fingerprint density at radius 1 is 0.882 bits per heavy atom. The van der Waals surface area contributed by atoms with Crippen LogP contribution in [0.25, 0.3) is 22.5 Å². The van der Waals surface area contributed by atoms with Crippen molar-refractivity contribution in [2.45, 2.75) is 71.9 Å². The minimum atomic E-state index is -0.00386. The lowest BCUT2D eigenvalue weighted by Crippen LogP contribution is -2.26. The number of hydrogen-bond acceptors (Lipinski definition) is 5. The summed E-state index contributed by atoms with van der Waals surface area (Å²) in [6.07, 6.45) is 7.50. The van der Waals surface area contributed by atoms with Gasteiger partial charge in [-0.2, -0.15) is 10.3 Å². The maximum absolute atomic E-state index is 13.1. The molecule has 0 aliphatic carbocycles. The molecule has 0 amide bonds. The van der Waals surface area contributed by atoms with Gasteiger partial charge in [-0.15, -0.1) is 10.2 Å². The fourth-order valence-electron chi connectivity index (χ4n) is 4.10. The van der Waals surface area contributed by atoms with Gasteiger partial charge in [-0.1, -0.05) is 82.0 Å². The van der Waals surface area contributed by atoms with Crippen LogP contribution < -0.4 is 5.69 Å². The van der Waals surface area contributed by atoms with E-state index in [2.05, 4.69) is 76.0 Å². The Morgan fingerprint density at radius 2 is 1.68 bits per heavy atom. The van der Waals surface area contributed by atoms with E-state index in [0.29, 0.717) is 18.9 Å². The van der Waals surface area contributed by atoms with Gasteiger partial charge in [0.25, 0.3) is 0 Å². The zero-order chi connectivity index (χ0) is 23.8. The van der Waals surface area contributed by atoms with E-state index >= 15 is 0 Å². The SMILES string of the molecule is CCCCCCc1nn(CCCC)c(=O)n1Cc1ccc(-c2cccc(-c3nn[nH]n3)c2)cc1. The third kappa shape index (κ3) is 5.68. The first-order valence-corrected chi connectivity index (χ1v) is 12.3. The second-order valence-electron chi connectivity index (χ2n) is 8.69. The number of nitrogens with zero attached hydrogens (tertiary/aromatic N) is 6. The van der Waals surface area contributed by atoms with Crippen LogP contribution in [0.4, 0.5) is 0 Å². The molecule has 2 aromatic heterocycles. The van der Waals surface area contributed by atoms with E-state index in [9.17, 15) is 4.79 Å². The number of unbranched alkanes of at least 4 members (excludes halogenated alkanes) is 4. The molecule has 0 spiro atoms. The molecule has 4 aromatic rings. The lowest BCUT2D eigenvalue weighted by molar-refractivity contribution is 0.543. The Bertz CT molecular complexity index is 1220. The Hall–Kier alpha value is -3.55. The average molecular weight is 460 g/mol. The van der Waals surface area contributed by atoms with Gasteiger partial charge in [-0.05, 0) is 40.8 Å². The molecule has 0 aliphatic heterocycles. The van der Waals surface area contributed by atoms with Crippen LogP contribution in [0.15, 0.2) is 53.3 Å². The smallest absolute Gasteiger partial charge is 0.274 e.